The maximum atomic E-state index is 12.4. The molecule has 45 heavy (non-hydrogen) atoms. The van der Waals surface area contributed by atoms with E-state index in [0.717, 1.165) is 6.08 Å². The van der Waals surface area contributed by atoms with Crippen molar-refractivity contribution in [3.63, 3.8) is 0 Å². The van der Waals surface area contributed by atoms with Crippen molar-refractivity contribution in [2.45, 2.75) is 39.5 Å². The van der Waals surface area contributed by atoms with Gasteiger partial charge >= 0.3 is 23.9 Å². The van der Waals surface area contributed by atoms with Gasteiger partial charge < -0.3 is 33.5 Å². The molecule has 0 amide bonds. The topological polar surface area (TPSA) is 161 Å². The smallest absolute Gasteiger partial charge is 0.311 e. The minimum absolute atomic E-state index is 0.103. The van der Waals surface area contributed by atoms with Gasteiger partial charge in [-0.25, -0.2) is 0 Å². The molecule has 0 radical (unpaired) electrons. The molecule has 12 nitrogen and oxygen atoms in total. The average Bonchev–Trinajstić information content (AvgIpc) is 3.02. The number of esters is 4. The van der Waals surface area contributed by atoms with E-state index in [9.17, 15) is 29.1 Å². The highest BCUT2D eigenvalue weighted by atomic mass is 16.6. The van der Waals surface area contributed by atoms with Gasteiger partial charge in [0, 0.05) is 6.08 Å². The lowest BCUT2D eigenvalue weighted by atomic mass is 10.1. The van der Waals surface area contributed by atoms with Gasteiger partial charge in [0.25, 0.3) is 0 Å². The van der Waals surface area contributed by atoms with E-state index in [1.807, 2.05) is 0 Å². The van der Waals surface area contributed by atoms with Crippen LogP contribution in [0.25, 0.3) is 12.2 Å². The van der Waals surface area contributed by atoms with E-state index in [1.165, 1.54) is 50.7 Å². The number of aliphatic hydroxyl groups is 1. The summed E-state index contributed by atoms with van der Waals surface area (Å²) in [6, 6.07) is 9.31. The molecule has 0 bridgehead atoms. The first-order valence-corrected chi connectivity index (χ1v) is 14.0. The van der Waals surface area contributed by atoms with E-state index in [1.54, 1.807) is 38.1 Å². The Labute approximate surface area is 260 Å². The first-order valence-electron chi connectivity index (χ1n) is 14.0. The molecular formula is C33H36O12. The van der Waals surface area contributed by atoms with E-state index >= 15 is 0 Å². The van der Waals surface area contributed by atoms with Crippen molar-refractivity contribution in [3.8, 4) is 23.0 Å². The van der Waals surface area contributed by atoms with Crippen molar-refractivity contribution < 1.29 is 57.5 Å². The van der Waals surface area contributed by atoms with Crippen molar-refractivity contribution >= 4 is 41.8 Å². The molecule has 0 spiro atoms. The van der Waals surface area contributed by atoms with E-state index < -0.39 is 29.7 Å². The lowest BCUT2D eigenvalue weighted by Crippen LogP contribution is -2.12. The molecule has 240 valence electrons. The SMILES string of the molecule is CCOC(=O)CCC(=O)Oc1ccc(/C=C/C(=O)/C=C(O)/C=C/c2ccc(OC(=O)CCC(=O)OCC)c(OC)c2)cc1OC. The number of carbonyl (C=O) groups excluding carboxylic acids is 5. The van der Waals surface area contributed by atoms with Crippen molar-refractivity contribution in [2.24, 2.45) is 0 Å². The van der Waals surface area contributed by atoms with E-state index in [4.69, 9.17) is 28.4 Å². The number of ether oxygens (including phenoxy) is 6. The molecule has 2 aromatic carbocycles. The predicted molar refractivity (Wildman–Crippen MR) is 163 cm³/mol. The summed E-state index contributed by atoms with van der Waals surface area (Å²) in [5.41, 5.74) is 1.14. The van der Waals surface area contributed by atoms with Gasteiger partial charge in [-0.1, -0.05) is 24.3 Å². The lowest BCUT2D eigenvalue weighted by molar-refractivity contribution is -0.146. The van der Waals surface area contributed by atoms with E-state index in [-0.39, 0.29) is 67.7 Å². The van der Waals surface area contributed by atoms with E-state index in [0.29, 0.717) is 11.1 Å². The fourth-order valence-corrected chi connectivity index (χ4v) is 3.57. The van der Waals surface area contributed by atoms with Crippen molar-refractivity contribution in [1.29, 1.82) is 0 Å². The maximum Gasteiger partial charge on any atom is 0.311 e. The summed E-state index contributed by atoms with van der Waals surface area (Å²) in [5, 5.41) is 10.2. The van der Waals surface area contributed by atoms with Gasteiger partial charge in [-0.15, -0.1) is 0 Å². The summed E-state index contributed by atoms with van der Waals surface area (Å²) in [7, 11) is 2.78. The molecule has 0 fully saturated rings. The molecule has 2 rings (SSSR count). The summed E-state index contributed by atoms with van der Waals surface area (Å²) in [6.45, 7) is 3.79. The fourth-order valence-electron chi connectivity index (χ4n) is 3.57. The van der Waals surface area contributed by atoms with E-state index in [2.05, 4.69) is 0 Å². The van der Waals surface area contributed by atoms with Gasteiger partial charge in [-0.3, -0.25) is 24.0 Å². The first kappa shape index (κ1) is 35.8. The number of carbonyl (C=O) groups is 5. The van der Waals surface area contributed by atoms with Crippen LogP contribution in [0.5, 0.6) is 23.0 Å². The molecule has 0 heterocycles. The predicted octanol–water partition coefficient (Wildman–Crippen LogP) is 4.94. The average molecular weight is 625 g/mol. The molecule has 12 heteroatoms. The van der Waals surface area contributed by atoms with Gasteiger partial charge in [-0.2, -0.15) is 0 Å². The third kappa shape index (κ3) is 13.2. The largest absolute Gasteiger partial charge is 0.508 e. The van der Waals surface area contributed by atoms with Gasteiger partial charge in [0.2, 0.25) is 0 Å². The lowest BCUT2D eigenvalue weighted by Gasteiger charge is -2.10. The number of methoxy groups -OCH3 is 2. The molecule has 0 aliphatic heterocycles. The molecule has 0 saturated carbocycles. The van der Waals surface area contributed by atoms with Crippen molar-refractivity contribution in [2.75, 3.05) is 27.4 Å². The van der Waals surface area contributed by atoms with Crippen LogP contribution in [-0.2, 0) is 33.4 Å². The Kier molecular flexibility index (Phi) is 15.1. The van der Waals surface area contributed by atoms with Crippen LogP contribution in [0.2, 0.25) is 0 Å². The van der Waals surface area contributed by atoms with Crippen LogP contribution < -0.4 is 18.9 Å². The van der Waals surface area contributed by atoms with Gasteiger partial charge in [0.05, 0.1) is 53.1 Å². The van der Waals surface area contributed by atoms with Crippen LogP contribution in [0.4, 0.5) is 0 Å². The summed E-state index contributed by atoms with van der Waals surface area (Å²) < 4.78 is 30.7. The van der Waals surface area contributed by atoms with Crippen molar-refractivity contribution in [1.82, 2.24) is 0 Å². The maximum absolute atomic E-state index is 12.4. The summed E-state index contributed by atoms with van der Waals surface area (Å²) >= 11 is 0. The summed E-state index contributed by atoms with van der Waals surface area (Å²) in [6.07, 6.45) is 6.05. The number of allylic oxidation sites excluding steroid dienone is 3. The molecule has 0 aliphatic rings. The Balaban J connectivity index is 1.98. The molecule has 0 aliphatic carbocycles. The Bertz CT molecular complexity index is 1450. The third-order valence-electron chi connectivity index (χ3n) is 5.68. The zero-order valence-corrected chi connectivity index (χ0v) is 25.5. The molecule has 0 aromatic heterocycles. The highest BCUT2D eigenvalue weighted by molar-refractivity contribution is 6.02. The molecule has 1 N–H and O–H groups in total. The molecule has 0 unspecified atom stereocenters. The van der Waals surface area contributed by atoms with Crippen LogP contribution in [0.3, 0.4) is 0 Å². The Hall–Kier alpha value is -5.39. The molecule has 0 atom stereocenters. The Morgan fingerprint density at radius 3 is 1.47 bits per heavy atom. The third-order valence-corrected chi connectivity index (χ3v) is 5.68. The second kappa shape index (κ2) is 19.0. The van der Waals surface area contributed by atoms with Gasteiger partial charge in [-0.05, 0) is 61.4 Å². The highest BCUT2D eigenvalue weighted by Crippen LogP contribution is 2.30. The number of hydrogen-bond donors (Lipinski definition) is 1. The minimum Gasteiger partial charge on any atom is -0.508 e. The number of ketones is 1. The van der Waals surface area contributed by atoms with Crippen LogP contribution in [0, 0.1) is 0 Å². The molecule has 0 saturated heterocycles. The van der Waals surface area contributed by atoms with Gasteiger partial charge in [0.15, 0.2) is 28.8 Å². The first-order chi connectivity index (χ1) is 21.6. The number of rotatable bonds is 17. The standard InChI is InChI=1S/C33H36O12/c1-5-42-30(36)15-17-32(38)44-26-13-9-22(19-28(26)40-3)7-11-24(34)21-25(35)12-8-23-10-14-27(29(20-23)41-4)45-33(39)18-16-31(37)43-6-2/h7-14,19-21,34H,5-6,15-18H2,1-4H3/b11-7+,12-8+,24-21-. The fraction of sp³-hybridized carbons (Fsp3) is 0.303. The normalized spacial score (nSPS) is 11.2. The van der Waals surface area contributed by atoms with Crippen LogP contribution >= 0.6 is 0 Å². The molecular weight excluding hydrogens is 588 g/mol. The second-order valence-electron chi connectivity index (χ2n) is 9.02. The Morgan fingerprint density at radius 1 is 0.622 bits per heavy atom. The highest BCUT2D eigenvalue weighted by Gasteiger charge is 2.14. The van der Waals surface area contributed by atoms with Crippen molar-refractivity contribution in [3.05, 3.63) is 71.5 Å². The second-order valence-corrected chi connectivity index (χ2v) is 9.02. The molecule has 2 aromatic rings. The zero-order chi connectivity index (χ0) is 33.2. The van der Waals surface area contributed by atoms with Crippen LogP contribution in [0.1, 0.15) is 50.7 Å². The summed E-state index contributed by atoms with van der Waals surface area (Å²) in [5.74, 6) is -2.29. The Morgan fingerprint density at radius 2 is 1.04 bits per heavy atom. The number of aliphatic hydroxyl groups excluding tert-OH is 1. The monoisotopic (exact) mass is 624 g/mol. The van der Waals surface area contributed by atoms with Crippen LogP contribution in [-0.4, -0.2) is 62.2 Å². The zero-order valence-electron chi connectivity index (χ0n) is 25.5. The van der Waals surface area contributed by atoms with Gasteiger partial charge in [0.1, 0.15) is 5.76 Å². The summed E-state index contributed by atoms with van der Waals surface area (Å²) in [4.78, 5) is 59.4. The number of hydrogen-bond acceptors (Lipinski definition) is 12. The van der Waals surface area contributed by atoms with Crippen LogP contribution in [0.15, 0.2) is 60.4 Å². The minimum atomic E-state index is -0.630. The number of benzene rings is 2. The quantitative estimate of drug-likeness (QED) is 0.0831.